The van der Waals surface area contributed by atoms with E-state index in [9.17, 15) is 4.79 Å². The Hall–Kier alpha value is -1.64. The van der Waals surface area contributed by atoms with E-state index in [0.29, 0.717) is 6.42 Å². The third kappa shape index (κ3) is 2.43. The Balaban J connectivity index is 2.01. The first-order valence-corrected chi connectivity index (χ1v) is 5.15. The van der Waals surface area contributed by atoms with Crippen molar-refractivity contribution in [2.24, 2.45) is 0 Å². The fraction of sp³-hybridized carbons (Fsp3) is 0.333. The van der Waals surface area contributed by atoms with Gasteiger partial charge in [-0.1, -0.05) is 6.07 Å². The van der Waals surface area contributed by atoms with Crippen LogP contribution in [0.25, 0.3) is 0 Å². The highest BCUT2D eigenvalue weighted by Crippen LogP contribution is 2.17. The molecule has 0 aliphatic heterocycles. The number of hydrogen-bond donors (Lipinski definition) is 1. The highest BCUT2D eigenvalue weighted by Gasteiger charge is 2.14. The monoisotopic (exact) mass is 202 g/mol. The van der Waals surface area contributed by atoms with Gasteiger partial charge < -0.3 is 5.32 Å². The molecular weight excluding hydrogens is 188 g/mol. The third-order valence-electron chi connectivity index (χ3n) is 2.56. The van der Waals surface area contributed by atoms with Crippen LogP contribution in [0.1, 0.15) is 31.4 Å². The van der Waals surface area contributed by atoms with Crippen LogP contribution in [0.5, 0.6) is 0 Å². The van der Waals surface area contributed by atoms with Gasteiger partial charge in [0.25, 0.3) is 0 Å². The minimum absolute atomic E-state index is 0.204. The summed E-state index contributed by atoms with van der Waals surface area (Å²) in [5.41, 5.74) is 2.18. The maximum atomic E-state index is 11.0. The summed E-state index contributed by atoms with van der Waals surface area (Å²) in [5.74, 6) is 0.218. The van der Waals surface area contributed by atoms with Gasteiger partial charge in [-0.3, -0.25) is 9.78 Å². The molecule has 0 saturated heterocycles. The van der Waals surface area contributed by atoms with Crippen LogP contribution in [0.15, 0.2) is 36.3 Å². The number of nitrogens with one attached hydrogen (secondary N) is 1. The van der Waals surface area contributed by atoms with Crippen LogP contribution in [0.3, 0.4) is 0 Å². The zero-order valence-corrected chi connectivity index (χ0v) is 8.73. The zero-order valence-electron chi connectivity index (χ0n) is 8.73. The van der Waals surface area contributed by atoms with Gasteiger partial charge in [0.05, 0.1) is 0 Å². The molecule has 2 rings (SSSR count). The predicted molar refractivity (Wildman–Crippen MR) is 58.1 cm³/mol. The first kappa shape index (κ1) is 9.90. The molecule has 0 bridgehead atoms. The van der Waals surface area contributed by atoms with Crippen molar-refractivity contribution in [3.8, 4) is 0 Å². The molecule has 1 aliphatic rings. The Kier molecular flexibility index (Phi) is 2.81. The highest BCUT2D eigenvalue weighted by molar-refractivity contribution is 5.92. The molecule has 1 heterocycles. The molecule has 0 saturated carbocycles. The van der Waals surface area contributed by atoms with Crippen LogP contribution >= 0.6 is 0 Å². The SMILES string of the molecule is CC(NC1=CC(=O)CC1)c1cccnc1. The zero-order chi connectivity index (χ0) is 10.7. The lowest BCUT2D eigenvalue weighted by atomic mass is 10.1. The molecule has 0 spiro atoms. The Bertz CT molecular complexity index is 384. The molecule has 0 amide bonds. The Labute approximate surface area is 89.2 Å². The number of pyridine rings is 1. The van der Waals surface area contributed by atoms with Crippen LogP contribution in [0, 0.1) is 0 Å². The second-order valence-corrected chi connectivity index (χ2v) is 3.79. The molecule has 1 aromatic heterocycles. The molecule has 0 aromatic carbocycles. The van der Waals surface area contributed by atoms with Crippen molar-refractivity contribution in [1.29, 1.82) is 0 Å². The van der Waals surface area contributed by atoms with Gasteiger partial charge in [0, 0.05) is 36.6 Å². The van der Waals surface area contributed by atoms with Crippen molar-refractivity contribution in [3.63, 3.8) is 0 Å². The van der Waals surface area contributed by atoms with Gasteiger partial charge in [-0.05, 0) is 25.0 Å². The molecule has 1 aliphatic carbocycles. The molecule has 1 N–H and O–H groups in total. The summed E-state index contributed by atoms with van der Waals surface area (Å²) in [7, 11) is 0. The maximum Gasteiger partial charge on any atom is 0.157 e. The summed E-state index contributed by atoms with van der Waals surface area (Å²) in [6.07, 6.45) is 6.78. The first-order valence-electron chi connectivity index (χ1n) is 5.15. The molecule has 0 fully saturated rings. The predicted octanol–water partition coefficient (Wildman–Crippen LogP) is 1.98. The normalized spacial score (nSPS) is 17.4. The van der Waals surface area contributed by atoms with Crippen molar-refractivity contribution >= 4 is 5.78 Å². The molecule has 1 aromatic rings. The standard InChI is InChI=1S/C12H14N2O/c1-9(10-3-2-6-13-8-10)14-11-4-5-12(15)7-11/h2-3,6-9,14H,4-5H2,1H3. The minimum atomic E-state index is 0.204. The van der Waals surface area contributed by atoms with Gasteiger partial charge >= 0.3 is 0 Å². The molecule has 3 nitrogen and oxygen atoms in total. The molecule has 3 heteroatoms. The average molecular weight is 202 g/mol. The van der Waals surface area contributed by atoms with Crippen molar-refractivity contribution in [2.75, 3.05) is 0 Å². The van der Waals surface area contributed by atoms with Crippen LogP contribution in [-0.2, 0) is 4.79 Å². The molecule has 0 radical (unpaired) electrons. The number of carbonyl (C=O) groups is 1. The fourth-order valence-electron chi connectivity index (χ4n) is 1.70. The first-order chi connectivity index (χ1) is 7.25. The number of aromatic nitrogens is 1. The van der Waals surface area contributed by atoms with Gasteiger partial charge in [-0.2, -0.15) is 0 Å². The number of rotatable bonds is 3. The smallest absolute Gasteiger partial charge is 0.157 e. The number of carbonyl (C=O) groups excluding carboxylic acids is 1. The van der Waals surface area contributed by atoms with Crippen LogP contribution in [0.2, 0.25) is 0 Å². The maximum absolute atomic E-state index is 11.0. The lowest BCUT2D eigenvalue weighted by Gasteiger charge is -2.15. The third-order valence-corrected chi connectivity index (χ3v) is 2.56. The van der Waals surface area contributed by atoms with Gasteiger partial charge in [-0.25, -0.2) is 0 Å². The van der Waals surface area contributed by atoms with Gasteiger partial charge in [0.15, 0.2) is 5.78 Å². The van der Waals surface area contributed by atoms with Crippen molar-refractivity contribution in [2.45, 2.75) is 25.8 Å². The lowest BCUT2D eigenvalue weighted by Crippen LogP contribution is -2.16. The molecule has 1 unspecified atom stereocenters. The average Bonchev–Trinajstić information content (AvgIpc) is 2.65. The van der Waals surface area contributed by atoms with E-state index in [2.05, 4.69) is 17.2 Å². The molecular formula is C12H14N2O. The molecule has 15 heavy (non-hydrogen) atoms. The van der Waals surface area contributed by atoms with Crippen LogP contribution in [-0.4, -0.2) is 10.8 Å². The fourth-order valence-corrected chi connectivity index (χ4v) is 1.70. The minimum Gasteiger partial charge on any atom is -0.382 e. The quantitative estimate of drug-likeness (QED) is 0.814. The summed E-state index contributed by atoms with van der Waals surface area (Å²) >= 11 is 0. The number of nitrogens with zero attached hydrogens (tertiary/aromatic N) is 1. The van der Waals surface area contributed by atoms with E-state index >= 15 is 0 Å². The largest absolute Gasteiger partial charge is 0.382 e. The topological polar surface area (TPSA) is 42.0 Å². The number of allylic oxidation sites excluding steroid dienone is 2. The summed E-state index contributed by atoms with van der Waals surface area (Å²) in [5, 5.41) is 3.33. The van der Waals surface area contributed by atoms with E-state index in [4.69, 9.17) is 0 Å². The Morgan fingerprint density at radius 1 is 1.47 bits per heavy atom. The summed E-state index contributed by atoms with van der Waals surface area (Å²) < 4.78 is 0. The van der Waals surface area contributed by atoms with Crippen molar-refractivity contribution < 1.29 is 4.79 Å². The Morgan fingerprint density at radius 3 is 2.93 bits per heavy atom. The van der Waals surface area contributed by atoms with Crippen molar-refractivity contribution in [1.82, 2.24) is 10.3 Å². The second kappa shape index (κ2) is 4.26. The molecule has 1 atom stereocenters. The molecule has 78 valence electrons. The lowest BCUT2D eigenvalue weighted by molar-refractivity contribution is -0.114. The summed E-state index contributed by atoms with van der Waals surface area (Å²) in [4.78, 5) is 15.1. The van der Waals surface area contributed by atoms with Gasteiger partial charge in [0.1, 0.15) is 0 Å². The Morgan fingerprint density at radius 2 is 2.33 bits per heavy atom. The van der Waals surface area contributed by atoms with Gasteiger partial charge in [0.2, 0.25) is 0 Å². The van der Waals surface area contributed by atoms with Crippen molar-refractivity contribution in [3.05, 3.63) is 41.9 Å². The van der Waals surface area contributed by atoms with E-state index in [1.54, 1.807) is 12.3 Å². The number of hydrogen-bond acceptors (Lipinski definition) is 3. The van der Waals surface area contributed by atoms with Crippen LogP contribution in [0.4, 0.5) is 0 Å². The van der Waals surface area contributed by atoms with E-state index in [1.807, 2.05) is 18.3 Å². The van der Waals surface area contributed by atoms with E-state index in [1.165, 1.54) is 0 Å². The van der Waals surface area contributed by atoms with E-state index in [-0.39, 0.29) is 11.8 Å². The second-order valence-electron chi connectivity index (χ2n) is 3.79. The summed E-state index contributed by atoms with van der Waals surface area (Å²) in [6, 6.07) is 4.15. The van der Waals surface area contributed by atoms with Gasteiger partial charge in [-0.15, -0.1) is 0 Å². The van der Waals surface area contributed by atoms with E-state index in [0.717, 1.165) is 17.7 Å². The number of ketones is 1. The van der Waals surface area contributed by atoms with E-state index < -0.39 is 0 Å². The van der Waals surface area contributed by atoms with Crippen LogP contribution < -0.4 is 5.32 Å². The summed E-state index contributed by atoms with van der Waals surface area (Å²) in [6.45, 7) is 2.07. The highest BCUT2D eigenvalue weighted by atomic mass is 16.1.